The Hall–Kier alpha value is -3.23. The number of Topliss-reactive ketones (excluding diaryl/α,β-unsaturated/α-hetero) is 1. The second kappa shape index (κ2) is 11.7. The van der Waals surface area contributed by atoms with E-state index in [1.54, 1.807) is 36.4 Å². The lowest BCUT2D eigenvalue weighted by atomic mass is 10.0. The van der Waals surface area contributed by atoms with Crippen LogP contribution in [-0.4, -0.2) is 47.2 Å². The molecule has 0 aliphatic carbocycles. The van der Waals surface area contributed by atoms with Crippen LogP contribution in [0.5, 0.6) is 11.5 Å². The zero-order valence-corrected chi connectivity index (χ0v) is 16.6. The van der Waals surface area contributed by atoms with Crippen LogP contribution >= 0.6 is 0 Å². The smallest absolute Gasteiger partial charge is 0.305 e. The van der Waals surface area contributed by atoms with Gasteiger partial charge in [0, 0.05) is 18.5 Å². The van der Waals surface area contributed by atoms with Crippen LogP contribution in [-0.2, 0) is 19.1 Å². The Morgan fingerprint density at radius 1 is 0.867 bits per heavy atom. The first-order valence-electron chi connectivity index (χ1n) is 9.50. The molecule has 2 rings (SSSR count). The molecule has 0 aliphatic rings. The first kappa shape index (κ1) is 23.1. The molecule has 0 radical (unpaired) electrons. The molecule has 0 aromatic heterocycles. The summed E-state index contributed by atoms with van der Waals surface area (Å²) < 4.78 is 10.1. The van der Waals surface area contributed by atoms with Gasteiger partial charge in [-0.1, -0.05) is 18.2 Å². The number of para-hydroxylation sites is 1. The zero-order chi connectivity index (χ0) is 21.9. The average Bonchev–Trinajstić information content (AvgIpc) is 2.77. The molecule has 0 aliphatic heterocycles. The lowest BCUT2D eigenvalue weighted by molar-refractivity contribution is -0.142. The van der Waals surface area contributed by atoms with Crippen LogP contribution in [0.25, 0.3) is 0 Å². The summed E-state index contributed by atoms with van der Waals surface area (Å²) in [7, 11) is 1.27. The van der Waals surface area contributed by atoms with Crippen molar-refractivity contribution in [1.29, 1.82) is 0 Å². The van der Waals surface area contributed by atoms with Crippen molar-refractivity contribution < 1.29 is 34.1 Å². The molecule has 0 saturated heterocycles. The minimum absolute atomic E-state index is 0.0615. The van der Waals surface area contributed by atoms with E-state index in [-0.39, 0.29) is 18.8 Å². The maximum atomic E-state index is 12.1. The standard InChI is InChI=1S/C22H25NO7/c1-29-19(25)10-6-5-9-18(24)20(26)21(27)22(28)23-15-11-13-17(14-12-15)30-16-7-3-2-4-8-16/h2-4,7-8,11-14,20-21,26-27H,5-6,9-10H2,1H3,(H,23,28)/t20-,21+/m0/s1. The van der Waals surface area contributed by atoms with Crippen molar-refractivity contribution in [3.05, 3.63) is 54.6 Å². The molecule has 2 aromatic rings. The molecule has 0 unspecified atom stereocenters. The predicted octanol–water partition coefficient (Wildman–Crippen LogP) is 2.44. The molecule has 8 heteroatoms. The van der Waals surface area contributed by atoms with Gasteiger partial charge in [0.15, 0.2) is 11.9 Å². The number of hydrogen-bond acceptors (Lipinski definition) is 7. The number of anilines is 1. The van der Waals surface area contributed by atoms with Crippen LogP contribution in [0.15, 0.2) is 54.6 Å². The van der Waals surface area contributed by atoms with Gasteiger partial charge in [0.25, 0.3) is 5.91 Å². The molecule has 2 atom stereocenters. The van der Waals surface area contributed by atoms with Crippen molar-refractivity contribution in [1.82, 2.24) is 0 Å². The monoisotopic (exact) mass is 415 g/mol. The van der Waals surface area contributed by atoms with E-state index in [0.717, 1.165) is 0 Å². The van der Waals surface area contributed by atoms with Crippen molar-refractivity contribution >= 4 is 23.3 Å². The summed E-state index contributed by atoms with van der Waals surface area (Å²) >= 11 is 0. The maximum absolute atomic E-state index is 12.1. The number of esters is 1. The van der Waals surface area contributed by atoms with Crippen molar-refractivity contribution in [3.63, 3.8) is 0 Å². The third kappa shape index (κ3) is 7.31. The van der Waals surface area contributed by atoms with Crippen LogP contribution in [0, 0.1) is 0 Å². The molecule has 8 nitrogen and oxygen atoms in total. The van der Waals surface area contributed by atoms with Gasteiger partial charge in [-0.2, -0.15) is 0 Å². The summed E-state index contributed by atoms with van der Waals surface area (Å²) in [5.74, 6) is -0.737. The fraction of sp³-hybridized carbons (Fsp3) is 0.318. The second-order valence-electron chi connectivity index (χ2n) is 6.57. The second-order valence-corrected chi connectivity index (χ2v) is 6.57. The van der Waals surface area contributed by atoms with Gasteiger partial charge >= 0.3 is 5.97 Å². The van der Waals surface area contributed by atoms with Crippen molar-refractivity contribution in [3.8, 4) is 11.5 Å². The molecular weight excluding hydrogens is 390 g/mol. The van der Waals surface area contributed by atoms with Gasteiger partial charge < -0.3 is 25.0 Å². The fourth-order valence-corrected chi connectivity index (χ4v) is 2.59. The van der Waals surface area contributed by atoms with Gasteiger partial charge in [0.1, 0.15) is 17.6 Å². The molecule has 1 amide bonds. The first-order chi connectivity index (χ1) is 14.4. The van der Waals surface area contributed by atoms with E-state index in [2.05, 4.69) is 10.1 Å². The van der Waals surface area contributed by atoms with Crippen LogP contribution in [0.1, 0.15) is 25.7 Å². The molecular formula is C22H25NO7. The number of benzene rings is 2. The average molecular weight is 415 g/mol. The van der Waals surface area contributed by atoms with Crippen molar-refractivity contribution in [2.45, 2.75) is 37.9 Å². The Morgan fingerprint density at radius 3 is 2.10 bits per heavy atom. The van der Waals surface area contributed by atoms with Crippen LogP contribution in [0.2, 0.25) is 0 Å². The quantitative estimate of drug-likeness (QED) is 0.381. The number of hydrogen-bond donors (Lipinski definition) is 3. The lowest BCUT2D eigenvalue weighted by Crippen LogP contribution is -2.42. The summed E-state index contributed by atoms with van der Waals surface area (Å²) in [5.41, 5.74) is 0.372. The van der Waals surface area contributed by atoms with Crippen molar-refractivity contribution in [2.75, 3.05) is 12.4 Å². The highest BCUT2D eigenvalue weighted by Crippen LogP contribution is 2.22. The topological polar surface area (TPSA) is 122 Å². The molecule has 2 aromatic carbocycles. The van der Waals surface area contributed by atoms with E-state index in [1.165, 1.54) is 7.11 Å². The fourth-order valence-electron chi connectivity index (χ4n) is 2.59. The molecule has 0 fully saturated rings. The highest BCUT2D eigenvalue weighted by Gasteiger charge is 2.29. The molecule has 0 spiro atoms. The number of aliphatic hydroxyl groups is 2. The Kier molecular flexibility index (Phi) is 8.99. The van der Waals surface area contributed by atoms with Gasteiger partial charge in [0.05, 0.1) is 7.11 Å². The minimum atomic E-state index is -1.90. The number of carbonyl (C=O) groups excluding carboxylic acids is 3. The van der Waals surface area contributed by atoms with Crippen LogP contribution < -0.4 is 10.1 Å². The van der Waals surface area contributed by atoms with Gasteiger partial charge in [-0.25, -0.2) is 0 Å². The van der Waals surface area contributed by atoms with Crippen LogP contribution in [0.3, 0.4) is 0 Å². The Balaban J connectivity index is 1.81. The number of amides is 1. The Labute approximate surface area is 174 Å². The van der Waals surface area contributed by atoms with Crippen LogP contribution in [0.4, 0.5) is 5.69 Å². The molecule has 3 N–H and O–H groups in total. The van der Waals surface area contributed by atoms with E-state index in [4.69, 9.17) is 4.74 Å². The third-order valence-electron chi connectivity index (χ3n) is 4.28. The number of carbonyl (C=O) groups is 3. The lowest BCUT2D eigenvalue weighted by Gasteiger charge is -2.16. The van der Waals surface area contributed by atoms with E-state index in [0.29, 0.717) is 30.0 Å². The van der Waals surface area contributed by atoms with E-state index in [9.17, 15) is 24.6 Å². The number of ether oxygens (including phenoxy) is 2. The number of rotatable bonds is 11. The van der Waals surface area contributed by atoms with Gasteiger partial charge in [-0.15, -0.1) is 0 Å². The van der Waals surface area contributed by atoms with Gasteiger partial charge in [0.2, 0.25) is 0 Å². The molecule has 30 heavy (non-hydrogen) atoms. The highest BCUT2D eigenvalue weighted by atomic mass is 16.5. The summed E-state index contributed by atoms with van der Waals surface area (Å²) in [6, 6.07) is 15.6. The molecule has 0 saturated carbocycles. The van der Waals surface area contributed by atoms with E-state index >= 15 is 0 Å². The third-order valence-corrected chi connectivity index (χ3v) is 4.28. The normalized spacial score (nSPS) is 12.5. The molecule has 160 valence electrons. The molecule has 0 bridgehead atoms. The summed E-state index contributed by atoms with van der Waals surface area (Å²) in [6.07, 6.45) is -2.91. The zero-order valence-electron chi connectivity index (χ0n) is 16.6. The SMILES string of the molecule is COC(=O)CCCCC(=O)[C@H](O)[C@@H](O)C(=O)Nc1ccc(Oc2ccccc2)cc1. The number of aliphatic hydroxyl groups excluding tert-OH is 2. The Morgan fingerprint density at radius 2 is 1.47 bits per heavy atom. The van der Waals surface area contributed by atoms with E-state index < -0.39 is 23.9 Å². The summed E-state index contributed by atoms with van der Waals surface area (Å²) in [4.78, 5) is 35.1. The van der Waals surface area contributed by atoms with Gasteiger partial charge in [-0.05, 0) is 49.2 Å². The largest absolute Gasteiger partial charge is 0.469 e. The number of nitrogens with one attached hydrogen (secondary N) is 1. The predicted molar refractivity (Wildman–Crippen MR) is 109 cm³/mol. The van der Waals surface area contributed by atoms with Crippen molar-refractivity contribution in [2.24, 2.45) is 0 Å². The summed E-state index contributed by atoms with van der Waals surface area (Å²) in [6.45, 7) is 0. The number of unbranched alkanes of at least 4 members (excludes halogenated alkanes) is 1. The van der Waals surface area contributed by atoms with Gasteiger partial charge in [-0.3, -0.25) is 14.4 Å². The molecule has 0 heterocycles. The first-order valence-corrected chi connectivity index (χ1v) is 9.50. The summed E-state index contributed by atoms with van der Waals surface area (Å²) in [5, 5.41) is 22.3. The Bertz CT molecular complexity index is 836. The highest BCUT2D eigenvalue weighted by molar-refractivity contribution is 5.98. The maximum Gasteiger partial charge on any atom is 0.305 e. The van der Waals surface area contributed by atoms with E-state index in [1.807, 2.05) is 18.2 Å². The minimum Gasteiger partial charge on any atom is -0.469 e. The number of ketones is 1. The number of methoxy groups -OCH3 is 1.